The van der Waals surface area contributed by atoms with Crippen molar-refractivity contribution in [1.82, 2.24) is 0 Å². The lowest BCUT2D eigenvalue weighted by Gasteiger charge is -2.10. The molecule has 0 saturated carbocycles. The summed E-state index contributed by atoms with van der Waals surface area (Å²) in [5.74, 6) is 0.497. The lowest BCUT2D eigenvalue weighted by atomic mass is 10.1. The number of unbranched alkanes of at least 4 members (excludes halogenated alkanes) is 8. The Morgan fingerprint density at radius 1 is 1.00 bits per heavy atom. The third-order valence-corrected chi connectivity index (χ3v) is 4.66. The van der Waals surface area contributed by atoms with Crippen LogP contribution in [-0.2, 0) is 14.3 Å². The molecule has 0 bridgehead atoms. The van der Waals surface area contributed by atoms with Crippen molar-refractivity contribution in [3.63, 3.8) is 0 Å². The summed E-state index contributed by atoms with van der Waals surface area (Å²) in [4.78, 5) is 11.5. The Hall–Kier alpha value is -1.55. The van der Waals surface area contributed by atoms with E-state index in [4.69, 9.17) is 14.2 Å². The summed E-state index contributed by atoms with van der Waals surface area (Å²) in [5, 5.41) is 0. The van der Waals surface area contributed by atoms with Gasteiger partial charge in [0.25, 0.3) is 0 Å². The summed E-state index contributed by atoms with van der Waals surface area (Å²) < 4.78 is 16.1. The number of carbonyl (C=O) groups excluding carboxylic acids is 1. The summed E-state index contributed by atoms with van der Waals surface area (Å²) in [7, 11) is 1.38. The van der Waals surface area contributed by atoms with E-state index in [0.717, 1.165) is 17.7 Å². The highest BCUT2D eigenvalue weighted by molar-refractivity contribution is 5.78. The van der Waals surface area contributed by atoms with E-state index in [0.29, 0.717) is 6.61 Å². The molecule has 2 unspecified atom stereocenters. The summed E-state index contributed by atoms with van der Waals surface area (Å²) in [6, 6.07) is 7.79. The van der Waals surface area contributed by atoms with Crippen molar-refractivity contribution in [2.45, 2.75) is 76.9 Å². The highest BCUT2D eigenvalue weighted by atomic mass is 16.6. The molecule has 0 aliphatic carbocycles. The van der Waals surface area contributed by atoms with Gasteiger partial charge >= 0.3 is 5.97 Å². The second kappa shape index (κ2) is 11.1. The Bertz CT molecular complexity index is 514. The van der Waals surface area contributed by atoms with Crippen LogP contribution in [0, 0.1) is 0 Å². The topological polar surface area (TPSA) is 48.1 Å². The second-order valence-corrected chi connectivity index (χ2v) is 6.72. The molecule has 2 atom stereocenters. The Morgan fingerprint density at radius 3 is 2.32 bits per heavy atom. The molecule has 4 nitrogen and oxygen atoms in total. The molecule has 0 radical (unpaired) electrons. The molecule has 1 saturated heterocycles. The predicted octanol–water partition coefficient (Wildman–Crippen LogP) is 5.21. The van der Waals surface area contributed by atoms with Crippen molar-refractivity contribution in [1.29, 1.82) is 0 Å². The quantitative estimate of drug-likeness (QED) is 0.279. The van der Waals surface area contributed by atoms with Crippen LogP contribution in [0.25, 0.3) is 0 Å². The third kappa shape index (κ3) is 6.69. The number of para-hydroxylation sites is 1. The van der Waals surface area contributed by atoms with Gasteiger partial charge in [0.15, 0.2) is 6.10 Å². The van der Waals surface area contributed by atoms with E-state index in [-0.39, 0.29) is 12.1 Å². The van der Waals surface area contributed by atoms with Gasteiger partial charge in [-0.05, 0) is 12.5 Å². The molecule has 1 aromatic rings. The number of carbonyl (C=O) groups is 1. The maximum Gasteiger partial charge on any atom is 0.338 e. The molecule has 1 heterocycles. The molecule has 4 heteroatoms. The summed E-state index contributed by atoms with van der Waals surface area (Å²) in [6.45, 7) is 2.96. The van der Waals surface area contributed by atoms with Gasteiger partial charge in [0.1, 0.15) is 11.9 Å². The smallest absolute Gasteiger partial charge is 0.338 e. The van der Waals surface area contributed by atoms with Gasteiger partial charge in [0.05, 0.1) is 13.7 Å². The maximum absolute atomic E-state index is 11.5. The molecule has 1 aromatic carbocycles. The lowest BCUT2D eigenvalue weighted by molar-refractivity contribution is -0.142. The van der Waals surface area contributed by atoms with Gasteiger partial charge in [-0.15, -0.1) is 0 Å². The van der Waals surface area contributed by atoms with Gasteiger partial charge in [0.2, 0.25) is 0 Å². The first-order valence-corrected chi connectivity index (χ1v) is 9.73. The Kier molecular flexibility index (Phi) is 8.81. The molecule has 2 rings (SSSR count). The number of rotatable bonds is 13. The molecule has 0 aromatic heterocycles. The van der Waals surface area contributed by atoms with Crippen molar-refractivity contribution < 1.29 is 19.0 Å². The monoisotopic (exact) mass is 348 g/mol. The predicted molar refractivity (Wildman–Crippen MR) is 98.8 cm³/mol. The van der Waals surface area contributed by atoms with Gasteiger partial charge in [-0.3, -0.25) is 0 Å². The SMILES string of the molecule is CCCCCCCCCCCOc1ccccc1C1OC1C(=O)OC. The van der Waals surface area contributed by atoms with Gasteiger partial charge in [0, 0.05) is 5.56 Å². The number of epoxide rings is 1. The van der Waals surface area contributed by atoms with E-state index in [1.165, 1.54) is 58.5 Å². The Labute approximate surface area is 151 Å². The van der Waals surface area contributed by atoms with E-state index in [1.54, 1.807) is 0 Å². The van der Waals surface area contributed by atoms with Gasteiger partial charge in [-0.1, -0.05) is 76.5 Å². The minimum atomic E-state index is -0.484. The molecule has 0 spiro atoms. The van der Waals surface area contributed by atoms with Gasteiger partial charge < -0.3 is 14.2 Å². The first-order valence-electron chi connectivity index (χ1n) is 9.73. The Morgan fingerprint density at radius 2 is 1.64 bits per heavy atom. The molecule has 1 aliphatic heterocycles. The average Bonchev–Trinajstić information content (AvgIpc) is 3.43. The minimum Gasteiger partial charge on any atom is -0.493 e. The first kappa shape index (κ1) is 19.8. The largest absolute Gasteiger partial charge is 0.493 e. The molecule has 140 valence electrons. The molecule has 1 aliphatic rings. The van der Waals surface area contributed by atoms with Crippen LogP contribution in [0.1, 0.15) is 76.4 Å². The molecule has 0 N–H and O–H groups in total. The highest BCUT2D eigenvalue weighted by Crippen LogP contribution is 2.43. The van der Waals surface area contributed by atoms with E-state index >= 15 is 0 Å². The normalized spacial score (nSPS) is 18.8. The molecule has 25 heavy (non-hydrogen) atoms. The maximum atomic E-state index is 11.5. The molecular weight excluding hydrogens is 316 g/mol. The van der Waals surface area contributed by atoms with E-state index < -0.39 is 6.10 Å². The average molecular weight is 348 g/mol. The Balaban J connectivity index is 1.61. The van der Waals surface area contributed by atoms with Crippen molar-refractivity contribution in [3.8, 4) is 5.75 Å². The number of methoxy groups -OCH3 is 1. The number of esters is 1. The zero-order valence-electron chi connectivity index (χ0n) is 15.7. The van der Waals surface area contributed by atoms with Crippen LogP contribution in [0.3, 0.4) is 0 Å². The number of ether oxygens (including phenoxy) is 3. The number of hydrogen-bond donors (Lipinski definition) is 0. The summed E-state index contributed by atoms with van der Waals surface area (Å²) >= 11 is 0. The fourth-order valence-electron chi connectivity index (χ4n) is 3.09. The standard InChI is InChI=1S/C21H32O4/c1-3-4-5-6-7-8-9-10-13-16-24-18-15-12-11-14-17(18)19-20(25-19)21(22)23-2/h11-12,14-15,19-20H,3-10,13,16H2,1-2H3. The van der Waals surface area contributed by atoms with Crippen molar-refractivity contribution in [2.24, 2.45) is 0 Å². The molecule has 0 amide bonds. The zero-order chi connectivity index (χ0) is 17.9. The van der Waals surface area contributed by atoms with Crippen molar-refractivity contribution in [2.75, 3.05) is 13.7 Å². The van der Waals surface area contributed by atoms with Crippen LogP contribution in [0.2, 0.25) is 0 Å². The van der Waals surface area contributed by atoms with Gasteiger partial charge in [-0.25, -0.2) is 4.79 Å². The fraction of sp³-hybridized carbons (Fsp3) is 0.667. The number of hydrogen-bond acceptors (Lipinski definition) is 4. The molecular formula is C21H32O4. The van der Waals surface area contributed by atoms with Crippen LogP contribution in [-0.4, -0.2) is 25.8 Å². The van der Waals surface area contributed by atoms with Crippen LogP contribution in [0.4, 0.5) is 0 Å². The van der Waals surface area contributed by atoms with Crippen molar-refractivity contribution >= 4 is 5.97 Å². The lowest BCUT2D eigenvalue weighted by Crippen LogP contribution is -2.09. The van der Waals surface area contributed by atoms with Gasteiger partial charge in [-0.2, -0.15) is 0 Å². The van der Waals surface area contributed by atoms with Crippen LogP contribution in [0.5, 0.6) is 5.75 Å². The van der Waals surface area contributed by atoms with Crippen LogP contribution >= 0.6 is 0 Å². The third-order valence-electron chi connectivity index (χ3n) is 4.66. The van der Waals surface area contributed by atoms with Crippen molar-refractivity contribution in [3.05, 3.63) is 29.8 Å². The minimum absolute atomic E-state index is 0.230. The number of benzene rings is 1. The van der Waals surface area contributed by atoms with Crippen LogP contribution < -0.4 is 4.74 Å². The summed E-state index contributed by atoms with van der Waals surface area (Å²) in [5.41, 5.74) is 0.939. The highest BCUT2D eigenvalue weighted by Gasteiger charge is 2.48. The second-order valence-electron chi connectivity index (χ2n) is 6.72. The van der Waals surface area contributed by atoms with Crippen LogP contribution in [0.15, 0.2) is 24.3 Å². The molecule has 1 fully saturated rings. The fourth-order valence-corrected chi connectivity index (χ4v) is 3.09. The first-order chi connectivity index (χ1) is 12.3. The van der Waals surface area contributed by atoms with E-state index in [1.807, 2.05) is 24.3 Å². The summed E-state index contributed by atoms with van der Waals surface area (Å²) in [6.07, 6.45) is 11.0. The van der Waals surface area contributed by atoms with E-state index in [2.05, 4.69) is 6.92 Å². The zero-order valence-corrected chi connectivity index (χ0v) is 15.7. The van der Waals surface area contributed by atoms with E-state index in [9.17, 15) is 4.79 Å².